The molecule has 3 aromatic rings. The van der Waals surface area contributed by atoms with Crippen molar-refractivity contribution in [1.82, 2.24) is 10.3 Å². The summed E-state index contributed by atoms with van der Waals surface area (Å²) < 4.78 is 13.1. The Balaban J connectivity index is 1.57. The molecule has 0 bridgehead atoms. The molecule has 0 saturated heterocycles. The summed E-state index contributed by atoms with van der Waals surface area (Å²) in [6, 6.07) is 19.9. The van der Waals surface area contributed by atoms with Crippen LogP contribution in [0.1, 0.15) is 11.3 Å². The van der Waals surface area contributed by atoms with E-state index >= 15 is 0 Å². The van der Waals surface area contributed by atoms with Crippen LogP contribution in [0, 0.1) is 5.82 Å². The summed E-state index contributed by atoms with van der Waals surface area (Å²) in [6.45, 7) is 0.304. The maximum atomic E-state index is 13.1. The first-order valence-electron chi connectivity index (χ1n) is 7.72. The van der Waals surface area contributed by atoms with Crippen LogP contribution in [0.5, 0.6) is 0 Å². The van der Waals surface area contributed by atoms with Gasteiger partial charge in [0.25, 0.3) is 0 Å². The SMILES string of the molecule is O=C(Cc1ccc(-c2ccccc2)cn1)NCc1cccc(F)c1. The van der Waals surface area contributed by atoms with Crippen LogP contribution in [0.4, 0.5) is 4.39 Å². The van der Waals surface area contributed by atoms with E-state index in [0.29, 0.717) is 12.2 Å². The van der Waals surface area contributed by atoms with Gasteiger partial charge in [0.2, 0.25) is 5.91 Å². The van der Waals surface area contributed by atoms with Crippen molar-refractivity contribution in [3.05, 3.63) is 90.0 Å². The minimum atomic E-state index is -0.306. The highest BCUT2D eigenvalue weighted by molar-refractivity contribution is 5.78. The number of carbonyl (C=O) groups is 1. The number of carbonyl (C=O) groups excluding carboxylic acids is 1. The van der Waals surface area contributed by atoms with Crippen LogP contribution in [-0.2, 0) is 17.8 Å². The van der Waals surface area contributed by atoms with Crippen LogP contribution in [-0.4, -0.2) is 10.9 Å². The van der Waals surface area contributed by atoms with Gasteiger partial charge in [0.05, 0.1) is 6.42 Å². The highest BCUT2D eigenvalue weighted by Crippen LogP contribution is 2.17. The first kappa shape index (κ1) is 15.9. The Kier molecular flexibility index (Phi) is 4.96. The molecule has 2 aromatic carbocycles. The van der Waals surface area contributed by atoms with Gasteiger partial charge in [0.1, 0.15) is 5.82 Å². The topological polar surface area (TPSA) is 42.0 Å². The van der Waals surface area contributed by atoms with E-state index in [9.17, 15) is 9.18 Å². The summed E-state index contributed by atoms with van der Waals surface area (Å²) in [5.74, 6) is -0.445. The predicted molar refractivity (Wildman–Crippen MR) is 91.6 cm³/mol. The van der Waals surface area contributed by atoms with Crippen molar-refractivity contribution in [2.24, 2.45) is 0 Å². The quantitative estimate of drug-likeness (QED) is 0.778. The molecule has 1 N–H and O–H groups in total. The van der Waals surface area contributed by atoms with Crippen LogP contribution in [0.25, 0.3) is 11.1 Å². The second-order valence-electron chi connectivity index (χ2n) is 5.49. The van der Waals surface area contributed by atoms with Crippen molar-refractivity contribution >= 4 is 5.91 Å². The average Bonchev–Trinajstić information content (AvgIpc) is 2.61. The predicted octanol–water partition coefficient (Wildman–Crippen LogP) is 3.75. The fourth-order valence-electron chi connectivity index (χ4n) is 2.41. The molecule has 120 valence electrons. The Hall–Kier alpha value is -3.01. The van der Waals surface area contributed by atoms with Crippen molar-refractivity contribution in [2.75, 3.05) is 0 Å². The molecule has 0 radical (unpaired) electrons. The summed E-state index contributed by atoms with van der Waals surface area (Å²) in [5, 5.41) is 2.78. The molecule has 0 atom stereocenters. The van der Waals surface area contributed by atoms with Gasteiger partial charge in [-0.25, -0.2) is 4.39 Å². The molecule has 4 heteroatoms. The lowest BCUT2D eigenvalue weighted by molar-refractivity contribution is -0.120. The summed E-state index contributed by atoms with van der Waals surface area (Å²) in [6.07, 6.45) is 1.97. The minimum Gasteiger partial charge on any atom is -0.352 e. The molecular weight excluding hydrogens is 303 g/mol. The number of nitrogens with zero attached hydrogens (tertiary/aromatic N) is 1. The van der Waals surface area contributed by atoms with Gasteiger partial charge in [0.15, 0.2) is 0 Å². The minimum absolute atomic E-state index is 0.140. The molecule has 0 spiro atoms. The first-order chi connectivity index (χ1) is 11.7. The number of aromatic nitrogens is 1. The highest BCUT2D eigenvalue weighted by atomic mass is 19.1. The van der Waals surface area contributed by atoms with Gasteiger partial charge in [0, 0.05) is 24.0 Å². The second kappa shape index (κ2) is 7.51. The summed E-state index contributed by atoms with van der Waals surface area (Å²) in [5.41, 5.74) is 3.54. The fourth-order valence-corrected chi connectivity index (χ4v) is 2.41. The maximum Gasteiger partial charge on any atom is 0.226 e. The van der Waals surface area contributed by atoms with E-state index < -0.39 is 0 Å². The molecule has 0 aliphatic heterocycles. The monoisotopic (exact) mass is 320 g/mol. The van der Waals surface area contributed by atoms with E-state index in [-0.39, 0.29) is 18.1 Å². The Morgan fingerprint density at radius 1 is 0.958 bits per heavy atom. The van der Waals surface area contributed by atoms with Crippen LogP contribution >= 0.6 is 0 Å². The number of hydrogen-bond acceptors (Lipinski definition) is 2. The lowest BCUT2D eigenvalue weighted by atomic mass is 10.1. The maximum absolute atomic E-state index is 13.1. The number of halogens is 1. The summed E-state index contributed by atoms with van der Waals surface area (Å²) in [4.78, 5) is 16.3. The molecule has 1 amide bonds. The molecule has 0 aliphatic carbocycles. The number of nitrogens with one attached hydrogen (secondary N) is 1. The van der Waals surface area contributed by atoms with E-state index in [2.05, 4.69) is 10.3 Å². The van der Waals surface area contributed by atoms with Gasteiger partial charge < -0.3 is 5.32 Å². The molecule has 1 aromatic heterocycles. The number of hydrogen-bond donors (Lipinski definition) is 1. The highest BCUT2D eigenvalue weighted by Gasteiger charge is 2.06. The van der Waals surface area contributed by atoms with Crippen LogP contribution in [0.15, 0.2) is 72.9 Å². The van der Waals surface area contributed by atoms with Gasteiger partial charge in [-0.1, -0.05) is 48.5 Å². The molecule has 1 heterocycles. The van der Waals surface area contributed by atoms with Crippen LogP contribution < -0.4 is 5.32 Å². The second-order valence-corrected chi connectivity index (χ2v) is 5.49. The average molecular weight is 320 g/mol. The molecule has 3 rings (SSSR count). The largest absolute Gasteiger partial charge is 0.352 e. The van der Waals surface area contributed by atoms with Crippen molar-refractivity contribution in [2.45, 2.75) is 13.0 Å². The van der Waals surface area contributed by atoms with Crippen molar-refractivity contribution in [3.63, 3.8) is 0 Å². The van der Waals surface area contributed by atoms with Crippen molar-refractivity contribution in [3.8, 4) is 11.1 Å². The zero-order valence-electron chi connectivity index (χ0n) is 13.1. The van der Waals surface area contributed by atoms with Gasteiger partial charge in [-0.3, -0.25) is 9.78 Å². The number of pyridine rings is 1. The smallest absolute Gasteiger partial charge is 0.226 e. The Morgan fingerprint density at radius 2 is 1.79 bits per heavy atom. The molecule has 0 fully saturated rings. The molecule has 0 aliphatic rings. The molecular formula is C20H17FN2O. The standard InChI is InChI=1S/C20H17FN2O/c21-18-8-4-5-15(11-18)13-23-20(24)12-19-10-9-17(14-22-19)16-6-2-1-3-7-16/h1-11,14H,12-13H2,(H,23,24). The van der Waals surface area contributed by atoms with E-state index in [4.69, 9.17) is 0 Å². The van der Waals surface area contributed by atoms with E-state index in [1.54, 1.807) is 18.3 Å². The lowest BCUT2D eigenvalue weighted by Gasteiger charge is -2.06. The zero-order valence-corrected chi connectivity index (χ0v) is 13.1. The normalized spacial score (nSPS) is 10.4. The van der Waals surface area contributed by atoms with Gasteiger partial charge in [-0.15, -0.1) is 0 Å². The third-order valence-corrected chi connectivity index (χ3v) is 3.65. The van der Waals surface area contributed by atoms with E-state index in [1.807, 2.05) is 42.5 Å². The molecule has 24 heavy (non-hydrogen) atoms. The first-order valence-corrected chi connectivity index (χ1v) is 7.72. The Bertz CT molecular complexity index is 817. The van der Waals surface area contributed by atoms with Crippen LogP contribution in [0.3, 0.4) is 0 Å². The van der Waals surface area contributed by atoms with Crippen molar-refractivity contribution in [1.29, 1.82) is 0 Å². The molecule has 0 saturated carbocycles. The Morgan fingerprint density at radius 3 is 2.50 bits per heavy atom. The Labute approximate surface area is 140 Å². The number of amides is 1. The fraction of sp³-hybridized carbons (Fsp3) is 0.100. The summed E-state index contributed by atoms with van der Waals surface area (Å²) >= 11 is 0. The lowest BCUT2D eigenvalue weighted by Crippen LogP contribution is -2.24. The zero-order chi connectivity index (χ0) is 16.8. The van der Waals surface area contributed by atoms with Gasteiger partial charge in [-0.05, 0) is 29.3 Å². The van der Waals surface area contributed by atoms with E-state index in [0.717, 1.165) is 16.7 Å². The summed E-state index contributed by atoms with van der Waals surface area (Å²) in [7, 11) is 0. The van der Waals surface area contributed by atoms with Crippen LogP contribution in [0.2, 0.25) is 0 Å². The molecule has 0 unspecified atom stereocenters. The number of rotatable bonds is 5. The van der Waals surface area contributed by atoms with E-state index in [1.165, 1.54) is 12.1 Å². The van der Waals surface area contributed by atoms with Gasteiger partial charge in [-0.2, -0.15) is 0 Å². The van der Waals surface area contributed by atoms with Crippen molar-refractivity contribution < 1.29 is 9.18 Å². The molecule has 3 nitrogen and oxygen atoms in total. The third-order valence-electron chi connectivity index (χ3n) is 3.65. The number of benzene rings is 2. The van der Waals surface area contributed by atoms with Gasteiger partial charge >= 0.3 is 0 Å². The third kappa shape index (κ3) is 4.26.